The van der Waals surface area contributed by atoms with Crippen LogP contribution in [0.15, 0.2) is 41.7 Å². The second-order valence-corrected chi connectivity index (χ2v) is 6.61. The van der Waals surface area contributed by atoms with Crippen molar-refractivity contribution in [1.29, 1.82) is 0 Å². The van der Waals surface area contributed by atoms with Gasteiger partial charge in [0.2, 0.25) is 0 Å². The van der Waals surface area contributed by atoms with E-state index in [-0.39, 0.29) is 5.41 Å². The van der Waals surface area contributed by atoms with Gasteiger partial charge in [0.15, 0.2) is 0 Å². The molecule has 0 aliphatic heterocycles. The molecule has 0 aliphatic carbocycles. The van der Waals surface area contributed by atoms with Crippen molar-refractivity contribution in [3.8, 4) is 0 Å². The first-order chi connectivity index (χ1) is 8.47. The Balaban J connectivity index is 2.01. The fraction of sp³-hybridized carbons (Fsp3) is 0.400. The fourth-order valence-electron chi connectivity index (χ4n) is 1.73. The van der Waals surface area contributed by atoms with Crippen LogP contribution in [0.2, 0.25) is 0 Å². The number of aryl methyl sites for hydroxylation is 1. The van der Waals surface area contributed by atoms with Crippen LogP contribution in [0, 0.1) is 0 Å². The van der Waals surface area contributed by atoms with Crippen molar-refractivity contribution in [3.05, 3.63) is 48.0 Å². The van der Waals surface area contributed by atoms with Crippen LogP contribution in [0.5, 0.6) is 0 Å². The Labute approximate surface area is 113 Å². The Morgan fingerprint density at radius 1 is 1.17 bits per heavy atom. The zero-order valence-corrected chi connectivity index (χ0v) is 12.3. The molecule has 1 heterocycles. The molecule has 0 unspecified atom stereocenters. The summed E-state index contributed by atoms with van der Waals surface area (Å²) < 4.78 is 2.07. The Morgan fingerprint density at radius 2 is 1.83 bits per heavy atom. The second-order valence-electron chi connectivity index (χ2n) is 5.56. The van der Waals surface area contributed by atoms with Crippen molar-refractivity contribution in [2.75, 3.05) is 0 Å². The lowest BCUT2D eigenvalue weighted by atomic mass is 9.87. The van der Waals surface area contributed by atoms with Gasteiger partial charge in [-0.1, -0.05) is 32.9 Å². The molecular formula is C15H20N2S. The van der Waals surface area contributed by atoms with E-state index in [1.54, 1.807) is 0 Å². The highest BCUT2D eigenvalue weighted by Crippen LogP contribution is 2.27. The van der Waals surface area contributed by atoms with Gasteiger partial charge in [-0.2, -0.15) is 0 Å². The maximum absolute atomic E-state index is 4.13. The van der Waals surface area contributed by atoms with E-state index >= 15 is 0 Å². The first-order valence-electron chi connectivity index (χ1n) is 6.15. The summed E-state index contributed by atoms with van der Waals surface area (Å²) >= 11 is 1.85. The van der Waals surface area contributed by atoms with Gasteiger partial charge in [0.25, 0.3) is 0 Å². The van der Waals surface area contributed by atoms with Crippen LogP contribution < -0.4 is 0 Å². The van der Waals surface area contributed by atoms with Gasteiger partial charge in [-0.15, -0.1) is 11.8 Å². The smallest absolute Gasteiger partial charge is 0.0945 e. The third-order valence-electron chi connectivity index (χ3n) is 3.02. The Morgan fingerprint density at radius 3 is 2.33 bits per heavy atom. The largest absolute Gasteiger partial charge is 0.337 e. The maximum atomic E-state index is 4.13. The lowest BCUT2D eigenvalue weighted by Gasteiger charge is -2.19. The van der Waals surface area contributed by atoms with Crippen LogP contribution in [0.1, 0.15) is 32.0 Å². The first kappa shape index (κ1) is 13.2. The van der Waals surface area contributed by atoms with Crippen molar-refractivity contribution < 1.29 is 0 Å². The third-order valence-corrected chi connectivity index (χ3v) is 4.07. The van der Waals surface area contributed by atoms with E-state index in [4.69, 9.17) is 0 Å². The normalized spacial score (nSPS) is 11.8. The molecule has 0 radical (unpaired) electrons. The summed E-state index contributed by atoms with van der Waals surface area (Å²) in [6.45, 7) is 6.72. The van der Waals surface area contributed by atoms with Crippen LogP contribution in [0.25, 0.3) is 0 Å². The zero-order valence-electron chi connectivity index (χ0n) is 11.5. The molecule has 3 heteroatoms. The van der Waals surface area contributed by atoms with Crippen LogP contribution in [-0.2, 0) is 18.2 Å². The van der Waals surface area contributed by atoms with Crippen molar-refractivity contribution in [1.82, 2.24) is 9.55 Å². The second kappa shape index (κ2) is 5.19. The van der Waals surface area contributed by atoms with E-state index in [1.807, 2.05) is 31.3 Å². The molecule has 96 valence electrons. The van der Waals surface area contributed by atoms with E-state index in [1.165, 1.54) is 16.2 Å². The molecule has 0 saturated heterocycles. The average molecular weight is 260 g/mol. The summed E-state index contributed by atoms with van der Waals surface area (Å²) in [7, 11) is 2.03. The number of imidazole rings is 1. The number of benzene rings is 1. The minimum absolute atomic E-state index is 0.227. The molecule has 0 spiro atoms. The highest BCUT2D eigenvalue weighted by Gasteiger charge is 2.12. The van der Waals surface area contributed by atoms with E-state index in [0.717, 1.165) is 5.75 Å². The fourth-order valence-corrected chi connectivity index (χ4v) is 2.65. The lowest BCUT2D eigenvalue weighted by molar-refractivity contribution is 0.590. The molecule has 0 aliphatic rings. The molecule has 0 saturated carbocycles. The van der Waals surface area contributed by atoms with Crippen molar-refractivity contribution in [3.63, 3.8) is 0 Å². The first-order valence-corrected chi connectivity index (χ1v) is 7.14. The Bertz CT molecular complexity index is 506. The van der Waals surface area contributed by atoms with Gasteiger partial charge in [-0.25, -0.2) is 4.98 Å². The van der Waals surface area contributed by atoms with Gasteiger partial charge < -0.3 is 4.57 Å². The zero-order chi connectivity index (χ0) is 13.2. The molecule has 2 aromatic rings. The number of nitrogens with zero attached hydrogens (tertiary/aromatic N) is 2. The van der Waals surface area contributed by atoms with Crippen LogP contribution in [-0.4, -0.2) is 9.55 Å². The van der Waals surface area contributed by atoms with Crippen molar-refractivity contribution >= 4 is 11.8 Å². The van der Waals surface area contributed by atoms with E-state index < -0.39 is 0 Å². The number of rotatable bonds is 3. The van der Waals surface area contributed by atoms with Crippen LogP contribution in [0.3, 0.4) is 0 Å². The van der Waals surface area contributed by atoms with Crippen molar-refractivity contribution in [2.24, 2.45) is 7.05 Å². The summed E-state index contributed by atoms with van der Waals surface area (Å²) in [5, 5.41) is 0. The van der Waals surface area contributed by atoms with Crippen molar-refractivity contribution in [2.45, 2.75) is 36.8 Å². The Hall–Kier alpha value is -1.22. The monoisotopic (exact) mass is 260 g/mol. The third kappa shape index (κ3) is 3.16. The molecule has 2 rings (SSSR count). The summed E-state index contributed by atoms with van der Waals surface area (Å²) in [6.07, 6.45) is 3.77. The summed E-state index contributed by atoms with van der Waals surface area (Å²) in [5.74, 6) is 0.964. The lowest BCUT2D eigenvalue weighted by Crippen LogP contribution is -2.10. The molecule has 1 aromatic carbocycles. The highest BCUT2D eigenvalue weighted by molar-refractivity contribution is 7.98. The predicted molar refractivity (Wildman–Crippen MR) is 77.9 cm³/mol. The molecule has 1 aromatic heterocycles. The highest BCUT2D eigenvalue weighted by atomic mass is 32.2. The predicted octanol–water partition coefficient (Wildman–Crippen LogP) is 4.01. The number of hydrogen-bond donors (Lipinski definition) is 0. The quantitative estimate of drug-likeness (QED) is 0.776. The Kier molecular flexibility index (Phi) is 3.81. The van der Waals surface area contributed by atoms with Gasteiger partial charge in [-0.3, -0.25) is 0 Å². The van der Waals surface area contributed by atoms with E-state index in [2.05, 4.69) is 54.6 Å². The van der Waals surface area contributed by atoms with Gasteiger partial charge in [0, 0.05) is 29.6 Å². The van der Waals surface area contributed by atoms with Gasteiger partial charge >= 0.3 is 0 Å². The number of aromatic nitrogens is 2. The molecular weight excluding hydrogens is 240 g/mol. The van der Waals surface area contributed by atoms with Gasteiger partial charge in [0.1, 0.15) is 0 Å². The maximum Gasteiger partial charge on any atom is 0.0945 e. The summed E-state index contributed by atoms with van der Waals surface area (Å²) in [4.78, 5) is 5.44. The number of hydrogen-bond acceptors (Lipinski definition) is 2. The van der Waals surface area contributed by atoms with Gasteiger partial charge in [-0.05, 0) is 23.1 Å². The van der Waals surface area contributed by atoms with E-state index in [9.17, 15) is 0 Å². The number of thioether (sulfide) groups is 1. The van der Waals surface area contributed by atoms with Crippen LogP contribution in [0.4, 0.5) is 0 Å². The molecule has 0 bridgehead atoms. The molecule has 0 atom stereocenters. The molecule has 0 amide bonds. The minimum atomic E-state index is 0.227. The molecule has 0 N–H and O–H groups in total. The van der Waals surface area contributed by atoms with E-state index in [0.29, 0.717) is 0 Å². The van der Waals surface area contributed by atoms with Crippen LogP contribution >= 0.6 is 11.8 Å². The van der Waals surface area contributed by atoms with Gasteiger partial charge in [0.05, 0.1) is 6.33 Å². The SMILES string of the molecule is Cn1cncc1CSc1ccc(C(C)(C)C)cc1. The molecule has 2 nitrogen and oxygen atoms in total. The average Bonchev–Trinajstić information content (AvgIpc) is 2.72. The summed E-state index contributed by atoms with van der Waals surface area (Å²) in [6, 6.07) is 8.88. The topological polar surface area (TPSA) is 17.8 Å². The standard InChI is InChI=1S/C15H20N2S/c1-15(2,3)12-5-7-14(8-6-12)18-10-13-9-16-11-17(13)4/h5-9,11H,10H2,1-4H3. The summed E-state index contributed by atoms with van der Waals surface area (Å²) in [5.41, 5.74) is 2.86. The minimum Gasteiger partial charge on any atom is -0.337 e. The molecule has 18 heavy (non-hydrogen) atoms. The molecule has 0 fully saturated rings.